The van der Waals surface area contributed by atoms with Crippen LogP contribution in [0.15, 0.2) is 41.3 Å². The number of fused-ring (bicyclic) bond motifs is 1. The second-order valence-corrected chi connectivity index (χ2v) is 8.91. The average molecular weight is 420 g/mol. The summed E-state index contributed by atoms with van der Waals surface area (Å²) in [5.74, 6) is 0.548. The normalized spacial score (nSPS) is 22.0. The Morgan fingerprint density at radius 2 is 1.93 bits per heavy atom. The molecule has 1 saturated carbocycles. The second kappa shape index (κ2) is 9.66. The zero-order chi connectivity index (χ0) is 20.1. The summed E-state index contributed by atoms with van der Waals surface area (Å²) >= 11 is 7.68. The molecule has 150 valence electrons. The van der Waals surface area contributed by atoms with Crippen LogP contribution in [0.1, 0.15) is 33.1 Å². The van der Waals surface area contributed by atoms with Crippen LogP contribution in [-0.2, 0) is 14.3 Å². The van der Waals surface area contributed by atoms with Crippen LogP contribution < -0.4 is 5.32 Å². The summed E-state index contributed by atoms with van der Waals surface area (Å²) in [7, 11) is 0. The summed E-state index contributed by atoms with van der Waals surface area (Å²) in [5.41, 5.74) is 0. The lowest BCUT2D eigenvalue weighted by Crippen LogP contribution is -2.45. The molecular formula is C22H26ClNO3S. The number of rotatable bonds is 6. The number of amides is 1. The van der Waals surface area contributed by atoms with Crippen molar-refractivity contribution in [3.8, 4) is 0 Å². The Labute approximate surface area is 175 Å². The number of hydrogen-bond acceptors (Lipinski definition) is 4. The topological polar surface area (TPSA) is 55.4 Å². The highest BCUT2D eigenvalue weighted by atomic mass is 35.5. The van der Waals surface area contributed by atoms with Gasteiger partial charge in [-0.2, -0.15) is 0 Å². The first-order valence-corrected chi connectivity index (χ1v) is 11.1. The highest BCUT2D eigenvalue weighted by Crippen LogP contribution is 2.33. The van der Waals surface area contributed by atoms with E-state index < -0.39 is 5.97 Å². The van der Waals surface area contributed by atoms with Crippen LogP contribution >= 0.6 is 23.4 Å². The molecule has 0 heterocycles. The molecule has 28 heavy (non-hydrogen) atoms. The van der Waals surface area contributed by atoms with Crippen molar-refractivity contribution in [1.82, 2.24) is 5.32 Å². The lowest BCUT2D eigenvalue weighted by Gasteiger charge is -2.34. The van der Waals surface area contributed by atoms with Gasteiger partial charge in [0.1, 0.15) is 0 Å². The molecular weight excluding hydrogens is 394 g/mol. The molecule has 3 rings (SSSR count). The summed E-state index contributed by atoms with van der Waals surface area (Å²) in [6.07, 6.45) is 3.32. The van der Waals surface area contributed by atoms with Gasteiger partial charge in [-0.15, -0.1) is 11.8 Å². The molecule has 1 aliphatic rings. The SMILES string of the molecule is C[C@@H]1[C@H](C)CCC[C@H]1NC(=O)COC(=O)CSc1cccc2cccc(Cl)c12. The third-order valence-electron chi connectivity index (χ3n) is 5.58. The van der Waals surface area contributed by atoms with Crippen molar-refractivity contribution in [2.24, 2.45) is 11.8 Å². The Kier molecular flexibility index (Phi) is 7.24. The van der Waals surface area contributed by atoms with Gasteiger partial charge in [-0.25, -0.2) is 0 Å². The fourth-order valence-corrected chi connectivity index (χ4v) is 4.98. The van der Waals surface area contributed by atoms with Crippen molar-refractivity contribution in [2.45, 2.75) is 44.0 Å². The minimum absolute atomic E-state index is 0.133. The second-order valence-electron chi connectivity index (χ2n) is 7.48. The number of halogens is 1. The first-order chi connectivity index (χ1) is 13.5. The van der Waals surface area contributed by atoms with Crippen LogP contribution in [0.3, 0.4) is 0 Å². The summed E-state index contributed by atoms with van der Waals surface area (Å²) < 4.78 is 5.17. The monoisotopic (exact) mass is 419 g/mol. The van der Waals surface area contributed by atoms with Crippen molar-refractivity contribution in [3.63, 3.8) is 0 Å². The van der Waals surface area contributed by atoms with Gasteiger partial charge in [0, 0.05) is 21.3 Å². The molecule has 0 aromatic heterocycles. The Bertz CT molecular complexity index is 852. The predicted molar refractivity (Wildman–Crippen MR) is 115 cm³/mol. The first-order valence-electron chi connectivity index (χ1n) is 9.70. The molecule has 0 unspecified atom stereocenters. The average Bonchev–Trinajstić information content (AvgIpc) is 2.68. The maximum atomic E-state index is 12.1. The molecule has 2 aromatic rings. The smallest absolute Gasteiger partial charge is 0.316 e. The van der Waals surface area contributed by atoms with E-state index in [0.29, 0.717) is 16.9 Å². The summed E-state index contributed by atoms with van der Waals surface area (Å²) in [6.45, 7) is 4.17. The first kappa shape index (κ1) is 21.0. The Hall–Kier alpha value is -1.72. The van der Waals surface area contributed by atoms with Crippen molar-refractivity contribution >= 4 is 46.0 Å². The maximum absolute atomic E-state index is 12.1. The molecule has 4 nitrogen and oxygen atoms in total. The van der Waals surface area contributed by atoms with Crippen LogP contribution in [0.25, 0.3) is 10.8 Å². The highest BCUT2D eigenvalue weighted by Gasteiger charge is 2.28. The summed E-state index contributed by atoms with van der Waals surface area (Å²) in [4.78, 5) is 25.2. The quantitative estimate of drug-likeness (QED) is 0.524. The standard InChI is InChI=1S/C22H26ClNO3S/c1-14-6-3-10-18(15(14)2)24-20(25)12-27-21(26)13-28-19-11-5-8-16-7-4-9-17(23)22(16)19/h4-5,7-9,11,14-15,18H,3,6,10,12-13H2,1-2H3,(H,24,25)/t14-,15-,18-/m1/s1. The molecule has 0 spiro atoms. The molecule has 0 radical (unpaired) electrons. The van der Waals surface area contributed by atoms with E-state index in [1.54, 1.807) is 0 Å². The van der Waals surface area contributed by atoms with Gasteiger partial charge in [-0.1, -0.05) is 62.6 Å². The van der Waals surface area contributed by atoms with Crippen LogP contribution in [0, 0.1) is 11.8 Å². The van der Waals surface area contributed by atoms with Crippen LogP contribution in [0.2, 0.25) is 5.02 Å². The number of carbonyl (C=O) groups is 2. The number of carbonyl (C=O) groups excluding carboxylic acids is 2. The fraction of sp³-hybridized carbons (Fsp3) is 0.455. The lowest BCUT2D eigenvalue weighted by atomic mass is 9.78. The Balaban J connectivity index is 1.48. The molecule has 1 amide bonds. The van der Waals surface area contributed by atoms with E-state index in [2.05, 4.69) is 19.2 Å². The number of thioether (sulfide) groups is 1. The largest absolute Gasteiger partial charge is 0.455 e. The Morgan fingerprint density at radius 3 is 2.71 bits per heavy atom. The van der Waals surface area contributed by atoms with Crippen molar-refractivity contribution in [1.29, 1.82) is 0 Å². The van der Waals surface area contributed by atoms with Crippen LogP contribution in [0.5, 0.6) is 0 Å². The van der Waals surface area contributed by atoms with E-state index in [1.165, 1.54) is 18.2 Å². The third-order valence-corrected chi connectivity index (χ3v) is 6.92. The molecule has 1 fully saturated rings. The van der Waals surface area contributed by atoms with E-state index in [-0.39, 0.29) is 24.3 Å². The number of esters is 1. The van der Waals surface area contributed by atoms with E-state index in [9.17, 15) is 9.59 Å². The predicted octanol–water partition coefficient (Wildman–Crippen LogP) is 5.07. The molecule has 6 heteroatoms. The minimum Gasteiger partial charge on any atom is -0.455 e. The molecule has 2 aromatic carbocycles. The number of benzene rings is 2. The number of hydrogen-bond donors (Lipinski definition) is 1. The van der Waals surface area contributed by atoms with Gasteiger partial charge in [0.2, 0.25) is 0 Å². The number of nitrogens with one attached hydrogen (secondary N) is 1. The van der Waals surface area contributed by atoms with Gasteiger partial charge in [0.05, 0.1) is 5.75 Å². The van der Waals surface area contributed by atoms with Crippen LogP contribution in [-0.4, -0.2) is 30.3 Å². The molecule has 1 aliphatic carbocycles. The van der Waals surface area contributed by atoms with E-state index in [4.69, 9.17) is 16.3 Å². The van der Waals surface area contributed by atoms with Crippen LogP contribution in [0.4, 0.5) is 0 Å². The van der Waals surface area contributed by atoms with Gasteiger partial charge in [-0.05, 0) is 35.8 Å². The van der Waals surface area contributed by atoms with Gasteiger partial charge in [0.15, 0.2) is 6.61 Å². The zero-order valence-electron chi connectivity index (χ0n) is 16.2. The third kappa shape index (κ3) is 5.21. The highest BCUT2D eigenvalue weighted by molar-refractivity contribution is 8.00. The van der Waals surface area contributed by atoms with E-state index in [1.807, 2.05) is 36.4 Å². The van der Waals surface area contributed by atoms with Gasteiger partial charge < -0.3 is 10.1 Å². The van der Waals surface area contributed by atoms with Crippen molar-refractivity contribution < 1.29 is 14.3 Å². The van der Waals surface area contributed by atoms with Gasteiger partial charge >= 0.3 is 5.97 Å². The molecule has 3 atom stereocenters. The molecule has 0 saturated heterocycles. The van der Waals surface area contributed by atoms with Crippen molar-refractivity contribution in [2.75, 3.05) is 12.4 Å². The van der Waals surface area contributed by atoms with E-state index >= 15 is 0 Å². The van der Waals surface area contributed by atoms with Gasteiger partial charge in [-0.3, -0.25) is 9.59 Å². The summed E-state index contributed by atoms with van der Waals surface area (Å²) in [5, 5.41) is 5.64. The lowest BCUT2D eigenvalue weighted by molar-refractivity contribution is -0.146. The molecule has 0 bridgehead atoms. The minimum atomic E-state index is -0.408. The fourth-order valence-electron chi connectivity index (χ4n) is 3.74. The Morgan fingerprint density at radius 1 is 1.18 bits per heavy atom. The number of ether oxygens (including phenoxy) is 1. The van der Waals surface area contributed by atoms with Crippen molar-refractivity contribution in [3.05, 3.63) is 41.4 Å². The molecule has 1 N–H and O–H groups in total. The van der Waals surface area contributed by atoms with E-state index in [0.717, 1.165) is 28.5 Å². The zero-order valence-corrected chi connectivity index (χ0v) is 17.8. The van der Waals surface area contributed by atoms with Gasteiger partial charge in [0.25, 0.3) is 5.91 Å². The summed E-state index contributed by atoms with van der Waals surface area (Å²) in [6, 6.07) is 11.8. The molecule has 0 aliphatic heterocycles. The maximum Gasteiger partial charge on any atom is 0.316 e.